The molecule has 0 radical (unpaired) electrons. The normalized spacial score (nSPS) is 11.8. The van der Waals surface area contributed by atoms with Gasteiger partial charge in [0.15, 0.2) is 0 Å². The van der Waals surface area contributed by atoms with E-state index in [4.69, 9.17) is 9.47 Å². The highest BCUT2D eigenvalue weighted by atomic mass is 16.5. The second-order valence-corrected chi connectivity index (χ2v) is 4.66. The van der Waals surface area contributed by atoms with E-state index in [-0.39, 0.29) is 6.04 Å². The first kappa shape index (κ1) is 14.2. The van der Waals surface area contributed by atoms with Crippen LogP contribution in [0.15, 0.2) is 36.5 Å². The van der Waals surface area contributed by atoms with E-state index in [0.717, 1.165) is 28.4 Å². The summed E-state index contributed by atoms with van der Waals surface area (Å²) in [6.45, 7) is 4.06. The van der Waals surface area contributed by atoms with E-state index in [9.17, 15) is 0 Å². The molecule has 20 heavy (non-hydrogen) atoms. The maximum atomic E-state index is 5.43. The SMILES string of the molecule is COc1ccc(C(C)Nc2ccc(C)nc2)c(OC)c1. The Morgan fingerprint density at radius 3 is 2.50 bits per heavy atom. The van der Waals surface area contributed by atoms with E-state index in [1.54, 1.807) is 14.2 Å². The minimum Gasteiger partial charge on any atom is -0.497 e. The van der Waals surface area contributed by atoms with Crippen molar-refractivity contribution >= 4 is 5.69 Å². The molecule has 0 aliphatic rings. The highest BCUT2D eigenvalue weighted by molar-refractivity contribution is 5.48. The summed E-state index contributed by atoms with van der Waals surface area (Å²) in [5.41, 5.74) is 3.07. The molecule has 0 bridgehead atoms. The lowest BCUT2D eigenvalue weighted by Gasteiger charge is -2.19. The quantitative estimate of drug-likeness (QED) is 0.903. The summed E-state index contributed by atoms with van der Waals surface area (Å²) in [5, 5.41) is 3.41. The fourth-order valence-electron chi connectivity index (χ4n) is 2.06. The molecule has 0 aliphatic carbocycles. The van der Waals surface area contributed by atoms with E-state index in [1.165, 1.54) is 0 Å². The molecule has 2 rings (SSSR count). The summed E-state index contributed by atoms with van der Waals surface area (Å²) >= 11 is 0. The summed E-state index contributed by atoms with van der Waals surface area (Å²) in [6, 6.07) is 9.96. The number of methoxy groups -OCH3 is 2. The van der Waals surface area contributed by atoms with Crippen LogP contribution in [0.5, 0.6) is 11.5 Å². The number of aromatic nitrogens is 1. The van der Waals surface area contributed by atoms with Crippen LogP contribution in [-0.4, -0.2) is 19.2 Å². The fourth-order valence-corrected chi connectivity index (χ4v) is 2.06. The van der Waals surface area contributed by atoms with Crippen molar-refractivity contribution in [1.82, 2.24) is 4.98 Å². The predicted octanol–water partition coefficient (Wildman–Crippen LogP) is 3.58. The van der Waals surface area contributed by atoms with Crippen molar-refractivity contribution in [2.45, 2.75) is 19.9 Å². The van der Waals surface area contributed by atoms with Gasteiger partial charge in [0.25, 0.3) is 0 Å². The Hall–Kier alpha value is -2.23. The monoisotopic (exact) mass is 272 g/mol. The van der Waals surface area contributed by atoms with E-state index >= 15 is 0 Å². The summed E-state index contributed by atoms with van der Waals surface area (Å²) in [4.78, 5) is 4.28. The molecular formula is C16H20N2O2. The Morgan fingerprint density at radius 1 is 1.10 bits per heavy atom. The van der Waals surface area contributed by atoms with E-state index in [0.29, 0.717) is 0 Å². The van der Waals surface area contributed by atoms with Crippen molar-refractivity contribution in [1.29, 1.82) is 0 Å². The molecule has 1 aromatic carbocycles. The van der Waals surface area contributed by atoms with Crippen LogP contribution >= 0.6 is 0 Å². The summed E-state index contributed by atoms with van der Waals surface area (Å²) in [6.07, 6.45) is 1.84. The van der Waals surface area contributed by atoms with Gasteiger partial charge in [0.2, 0.25) is 0 Å². The van der Waals surface area contributed by atoms with Gasteiger partial charge in [0, 0.05) is 17.3 Å². The Balaban J connectivity index is 2.20. The number of benzene rings is 1. The van der Waals surface area contributed by atoms with E-state index in [2.05, 4.69) is 17.2 Å². The van der Waals surface area contributed by atoms with Crippen LogP contribution in [0.1, 0.15) is 24.2 Å². The number of rotatable bonds is 5. The van der Waals surface area contributed by atoms with E-state index in [1.807, 2.05) is 43.5 Å². The van der Waals surface area contributed by atoms with Crippen molar-refractivity contribution in [2.75, 3.05) is 19.5 Å². The predicted molar refractivity (Wildman–Crippen MR) is 80.6 cm³/mol. The second kappa shape index (κ2) is 6.28. The van der Waals surface area contributed by atoms with Gasteiger partial charge in [-0.3, -0.25) is 4.98 Å². The molecule has 0 fully saturated rings. The number of nitrogens with zero attached hydrogens (tertiary/aromatic N) is 1. The van der Waals surface area contributed by atoms with Crippen molar-refractivity contribution in [2.24, 2.45) is 0 Å². The Kier molecular flexibility index (Phi) is 4.45. The standard InChI is InChI=1S/C16H20N2O2/c1-11-5-6-13(10-17-11)18-12(2)15-8-7-14(19-3)9-16(15)20-4/h5-10,12,18H,1-4H3. The highest BCUT2D eigenvalue weighted by Crippen LogP contribution is 2.31. The lowest BCUT2D eigenvalue weighted by atomic mass is 10.1. The molecule has 0 amide bonds. The minimum atomic E-state index is 0.111. The van der Waals surface area contributed by atoms with Crippen LogP contribution in [-0.2, 0) is 0 Å². The average molecular weight is 272 g/mol. The lowest BCUT2D eigenvalue weighted by Crippen LogP contribution is -2.08. The summed E-state index contributed by atoms with van der Waals surface area (Å²) in [7, 11) is 3.31. The molecule has 106 valence electrons. The first-order valence-electron chi connectivity index (χ1n) is 6.55. The third kappa shape index (κ3) is 3.20. The molecule has 0 saturated carbocycles. The van der Waals surface area contributed by atoms with Crippen LogP contribution in [0.4, 0.5) is 5.69 Å². The number of aryl methyl sites for hydroxylation is 1. The van der Waals surface area contributed by atoms with Gasteiger partial charge < -0.3 is 14.8 Å². The largest absolute Gasteiger partial charge is 0.497 e. The van der Waals surface area contributed by atoms with Crippen LogP contribution in [0.25, 0.3) is 0 Å². The second-order valence-electron chi connectivity index (χ2n) is 4.66. The van der Waals surface area contributed by atoms with Gasteiger partial charge in [0.05, 0.1) is 32.1 Å². The van der Waals surface area contributed by atoms with Gasteiger partial charge >= 0.3 is 0 Å². The molecule has 1 N–H and O–H groups in total. The smallest absolute Gasteiger partial charge is 0.127 e. The molecule has 4 heteroatoms. The summed E-state index contributed by atoms with van der Waals surface area (Å²) < 4.78 is 10.6. The maximum absolute atomic E-state index is 5.43. The Morgan fingerprint density at radius 2 is 1.90 bits per heavy atom. The number of nitrogens with one attached hydrogen (secondary N) is 1. The zero-order valence-electron chi connectivity index (χ0n) is 12.3. The third-order valence-corrected chi connectivity index (χ3v) is 3.20. The highest BCUT2D eigenvalue weighted by Gasteiger charge is 2.12. The number of ether oxygens (including phenoxy) is 2. The lowest BCUT2D eigenvalue weighted by molar-refractivity contribution is 0.390. The first-order valence-corrected chi connectivity index (χ1v) is 6.55. The first-order chi connectivity index (χ1) is 9.63. The third-order valence-electron chi connectivity index (χ3n) is 3.20. The molecule has 1 heterocycles. The molecule has 0 saturated heterocycles. The van der Waals surface area contributed by atoms with Crippen LogP contribution < -0.4 is 14.8 Å². The topological polar surface area (TPSA) is 43.4 Å². The van der Waals surface area contributed by atoms with Gasteiger partial charge in [0.1, 0.15) is 11.5 Å². The Bertz CT molecular complexity index is 567. The van der Waals surface area contributed by atoms with Crippen molar-refractivity contribution < 1.29 is 9.47 Å². The fraction of sp³-hybridized carbons (Fsp3) is 0.312. The molecule has 0 spiro atoms. The zero-order valence-corrected chi connectivity index (χ0v) is 12.3. The molecule has 1 unspecified atom stereocenters. The van der Waals surface area contributed by atoms with Crippen molar-refractivity contribution in [3.63, 3.8) is 0 Å². The van der Waals surface area contributed by atoms with Gasteiger partial charge in [-0.05, 0) is 38.1 Å². The van der Waals surface area contributed by atoms with Gasteiger partial charge in [-0.15, -0.1) is 0 Å². The number of pyridine rings is 1. The van der Waals surface area contributed by atoms with Crippen molar-refractivity contribution in [3.05, 3.63) is 47.8 Å². The Labute approximate surface area is 119 Å². The van der Waals surface area contributed by atoms with Crippen LogP contribution in [0.2, 0.25) is 0 Å². The summed E-state index contributed by atoms with van der Waals surface area (Å²) in [5.74, 6) is 1.60. The van der Waals surface area contributed by atoms with Crippen molar-refractivity contribution in [3.8, 4) is 11.5 Å². The number of hydrogen-bond acceptors (Lipinski definition) is 4. The molecule has 1 atom stereocenters. The zero-order chi connectivity index (χ0) is 14.5. The molecule has 1 aromatic heterocycles. The van der Waals surface area contributed by atoms with Gasteiger partial charge in [-0.25, -0.2) is 0 Å². The number of hydrogen-bond donors (Lipinski definition) is 1. The van der Waals surface area contributed by atoms with E-state index < -0.39 is 0 Å². The molecule has 0 aliphatic heterocycles. The minimum absolute atomic E-state index is 0.111. The van der Waals surface area contributed by atoms with Gasteiger partial charge in [-0.2, -0.15) is 0 Å². The maximum Gasteiger partial charge on any atom is 0.127 e. The van der Waals surface area contributed by atoms with Crippen LogP contribution in [0.3, 0.4) is 0 Å². The molecule has 2 aromatic rings. The average Bonchev–Trinajstić information content (AvgIpc) is 2.48. The molecule has 4 nitrogen and oxygen atoms in total. The number of anilines is 1. The van der Waals surface area contributed by atoms with Gasteiger partial charge in [-0.1, -0.05) is 0 Å². The van der Waals surface area contributed by atoms with Crippen LogP contribution in [0, 0.1) is 6.92 Å². The molecular weight excluding hydrogens is 252 g/mol.